The van der Waals surface area contributed by atoms with Crippen LogP contribution in [-0.2, 0) is 16.6 Å². The number of nitrogens with one attached hydrogen (secondary N) is 1. The van der Waals surface area contributed by atoms with Crippen LogP contribution >= 0.6 is 0 Å². The molecule has 138 valence electrons. The van der Waals surface area contributed by atoms with Crippen molar-refractivity contribution in [3.05, 3.63) is 53.9 Å². The van der Waals surface area contributed by atoms with Gasteiger partial charge in [0, 0.05) is 45.4 Å². The summed E-state index contributed by atoms with van der Waals surface area (Å²) in [6.07, 6.45) is 4.76. The molecule has 1 saturated heterocycles. The van der Waals surface area contributed by atoms with Gasteiger partial charge in [-0.3, -0.25) is 9.59 Å². The van der Waals surface area contributed by atoms with Crippen molar-refractivity contribution >= 4 is 11.8 Å². The Labute approximate surface area is 152 Å². The minimum Gasteiger partial charge on any atom is -0.343 e. The van der Waals surface area contributed by atoms with Crippen molar-refractivity contribution in [2.24, 2.45) is 13.0 Å². The SMILES string of the molecule is CC(=O)N1CCC(C(=O)N[C@H](c2ccc(F)cc2)c2nccn2C)CC1. The monoisotopic (exact) mass is 358 g/mol. The highest BCUT2D eigenvalue weighted by molar-refractivity contribution is 5.80. The van der Waals surface area contributed by atoms with E-state index in [1.165, 1.54) is 12.1 Å². The van der Waals surface area contributed by atoms with Gasteiger partial charge in [-0.15, -0.1) is 0 Å². The zero-order valence-electron chi connectivity index (χ0n) is 15.0. The fourth-order valence-corrected chi connectivity index (χ4v) is 3.32. The third kappa shape index (κ3) is 3.92. The molecule has 0 bridgehead atoms. The molecule has 2 heterocycles. The Hall–Kier alpha value is -2.70. The number of carbonyl (C=O) groups is 2. The van der Waals surface area contributed by atoms with Crippen molar-refractivity contribution in [2.45, 2.75) is 25.8 Å². The van der Waals surface area contributed by atoms with Crippen molar-refractivity contribution in [2.75, 3.05) is 13.1 Å². The Bertz CT molecular complexity index is 779. The van der Waals surface area contributed by atoms with Crippen LogP contribution in [0.5, 0.6) is 0 Å². The van der Waals surface area contributed by atoms with Gasteiger partial charge in [-0.05, 0) is 30.5 Å². The quantitative estimate of drug-likeness (QED) is 0.909. The van der Waals surface area contributed by atoms with Crippen LogP contribution in [0.25, 0.3) is 0 Å². The molecule has 0 aliphatic carbocycles. The number of amides is 2. The second-order valence-corrected chi connectivity index (χ2v) is 6.67. The Kier molecular flexibility index (Phi) is 5.35. The van der Waals surface area contributed by atoms with E-state index in [4.69, 9.17) is 0 Å². The lowest BCUT2D eigenvalue weighted by Gasteiger charge is -2.31. The molecule has 2 amide bonds. The molecular weight excluding hydrogens is 335 g/mol. The van der Waals surface area contributed by atoms with E-state index in [1.54, 1.807) is 30.2 Å². The van der Waals surface area contributed by atoms with E-state index in [0.717, 1.165) is 5.56 Å². The second kappa shape index (κ2) is 7.68. The first kappa shape index (κ1) is 18.1. The zero-order chi connectivity index (χ0) is 18.7. The molecule has 7 heteroatoms. The highest BCUT2D eigenvalue weighted by atomic mass is 19.1. The normalized spacial score (nSPS) is 16.3. The van der Waals surface area contributed by atoms with Crippen LogP contribution in [0.4, 0.5) is 4.39 Å². The number of aromatic nitrogens is 2. The summed E-state index contributed by atoms with van der Waals surface area (Å²) in [7, 11) is 1.86. The first-order valence-corrected chi connectivity index (χ1v) is 8.74. The molecule has 0 saturated carbocycles. The van der Waals surface area contributed by atoms with Gasteiger partial charge in [-0.25, -0.2) is 9.37 Å². The number of piperidine rings is 1. The molecule has 1 aliphatic rings. The standard InChI is InChI=1S/C19H23FN4O2/c1-13(25)24-10-7-15(8-11-24)19(26)22-17(18-21-9-12-23(18)2)14-3-5-16(20)6-4-14/h3-6,9,12,15,17H,7-8,10-11H2,1-2H3,(H,22,26)/t17-/m1/s1. The number of hydrogen-bond acceptors (Lipinski definition) is 3. The Balaban J connectivity index is 1.76. The molecule has 0 spiro atoms. The van der Waals surface area contributed by atoms with E-state index in [2.05, 4.69) is 10.3 Å². The summed E-state index contributed by atoms with van der Waals surface area (Å²) < 4.78 is 15.1. The number of halogens is 1. The van der Waals surface area contributed by atoms with Crippen LogP contribution in [0.3, 0.4) is 0 Å². The number of rotatable bonds is 4. The Morgan fingerprint density at radius 3 is 2.42 bits per heavy atom. The van der Waals surface area contributed by atoms with Gasteiger partial charge in [-0.1, -0.05) is 12.1 Å². The average Bonchev–Trinajstić information content (AvgIpc) is 3.06. The maximum absolute atomic E-state index is 13.3. The summed E-state index contributed by atoms with van der Waals surface area (Å²) in [5.41, 5.74) is 0.773. The van der Waals surface area contributed by atoms with Crippen molar-refractivity contribution in [1.82, 2.24) is 19.8 Å². The molecule has 1 fully saturated rings. The van der Waals surface area contributed by atoms with E-state index >= 15 is 0 Å². The number of nitrogens with zero attached hydrogens (tertiary/aromatic N) is 3. The lowest BCUT2D eigenvalue weighted by atomic mass is 9.95. The zero-order valence-corrected chi connectivity index (χ0v) is 15.0. The summed E-state index contributed by atoms with van der Waals surface area (Å²) in [6, 6.07) is 5.63. The first-order chi connectivity index (χ1) is 12.5. The third-order valence-electron chi connectivity index (χ3n) is 4.92. The molecule has 26 heavy (non-hydrogen) atoms. The second-order valence-electron chi connectivity index (χ2n) is 6.67. The van der Waals surface area contributed by atoms with E-state index in [-0.39, 0.29) is 23.5 Å². The molecule has 6 nitrogen and oxygen atoms in total. The van der Waals surface area contributed by atoms with Gasteiger partial charge in [-0.2, -0.15) is 0 Å². The lowest BCUT2D eigenvalue weighted by molar-refractivity contribution is -0.134. The van der Waals surface area contributed by atoms with Gasteiger partial charge in [0.25, 0.3) is 0 Å². The van der Waals surface area contributed by atoms with Crippen LogP contribution in [0.15, 0.2) is 36.7 Å². The predicted molar refractivity (Wildman–Crippen MR) is 94.6 cm³/mol. The van der Waals surface area contributed by atoms with Gasteiger partial charge in [0.2, 0.25) is 11.8 Å². The van der Waals surface area contributed by atoms with Crippen molar-refractivity contribution in [3.8, 4) is 0 Å². The van der Waals surface area contributed by atoms with Crippen molar-refractivity contribution in [3.63, 3.8) is 0 Å². The molecule has 2 aromatic rings. The number of carbonyl (C=O) groups excluding carboxylic acids is 2. The minimum atomic E-state index is -0.450. The van der Waals surface area contributed by atoms with Gasteiger partial charge < -0.3 is 14.8 Å². The van der Waals surface area contributed by atoms with E-state index in [9.17, 15) is 14.0 Å². The van der Waals surface area contributed by atoms with Crippen LogP contribution in [-0.4, -0.2) is 39.4 Å². The number of hydrogen-bond donors (Lipinski definition) is 1. The fourth-order valence-electron chi connectivity index (χ4n) is 3.32. The molecule has 1 aromatic carbocycles. The van der Waals surface area contributed by atoms with Gasteiger partial charge >= 0.3 is 0 Å². The van der Waals surface area contributed by atoms with Crippen LogP contribution in [0.2, 0.25) is 0 Å². The lowest BCUT2D eigenvalue weighted by Crippen LogP contribution is -2.43. The average molecular weight is 358 g/mol. The number of aryl methyl sites for hydroxylation is 1. The molecule has 0 unspecified atom stereocenters. The van der Waals surface area contributed by atoms with Gasteiger partial charge in [0.05, 0.1) is 0 Å². The first-order valence-electron chi connectivity index (χ1n) is 8.74. The fraction of sp³-hybridized carbons (Fsp3) is 0.421. The Morgan fingerprint density at radius 2 is 1.88 bits per heavy atom. The molecule has 1 aliphatic heterocycles. The number of imidazole rings is 1. The maximum Gasteiger partial charge on any atom is 0.224 e. The van der Waals surface area contributed by atoms with Crippen LogP contribution < -0.4 is 5.32 Å². The van der Waals surface area contributed by atoms with Crippen LogP contribution in [0, 0.1) is 11.7 Å². The van der Waals surface area contributed by atoms with E-state index < -0.39 is 6.04 Å². The summed E-state index contributed by atoms with van der Waals surface area (Å²) >= 11 is 0. The summed E-state index contributed by atoms with van der Waals surface area (Å²) in [6.45, 7) is 2.74. The topological polar surface area (TPSA) is 67.2 Å². The van der Waals surface area contributed by atoms with Gasteiger partial charge in [0.1, 0.15) is 17.7 Å². The smallest absolute Gasteiger partial charge is 0.224 e. The molecule has 3 rings (SSSR count). The summed E-state index contributed by atoms with van der Waals surface area (Å²) in [4.78, 5) is 30.4. The molecule has 1 aromatic heterocycles. The largest absolute Gasteiger partial charge is 0.343 e. The maximum atomic E-state index is 13.3. The molecule has 1 N–H and O–H groups in total. The molecule has 1 atom stereocenters. The van der Waals surface area contributed by atoms with Crippen molar-refractivity contribution in [1.29, 1.82) is 0 Å². The van der Waals surface area contributed by atoms with E-state index in [1.807, 2.05) is 17.8 Å². The number of benzene rings is 1. The third-order valence-corrected chi connectivity index (χ3v) is 4.92. The predicted octanol–water partition coefficient (Wildman–Crippen LogP) is 2.02. The van der Waals surface area contributed by atoms with Gasteiger partial charge in [0.15, 0.2) is 0 Å². The number of likely N-dealkylation sites (tertiary alicyclic amines) is 1. The Morgan fingerprint density at radius 1 is 1.23 bits per heavy atom. The molecule has 0 radical (unpaired) electrons. The van der Waals surface area contributed by atoms with E-state index in [0.29, 0.717) is 31.8 Å². The summed E-state index contributed by atoms with van der Waals surface area (Å²) in [5, 5.41) is 3.06. The molecular formula is C19H23FN4O2. The summed E-state index contributed by atoms with van der Waals surface area (Å²) in [5.74, 6) is 0.196. The minimum absolute atomic E-state index is 0.0426. The highest BCUT2D eigenvalue weighted by Crippen LogP contribution is 2.24. The highest BCUT2D eigenvalue weighted by Gasteiger charge is 2.29. The van der Waals surface area contributed by atoms with Crippen LogP contribution in [0.1, 0.15) is 37.2 Å². The van der Waals surface area contributed by atoms with Crippen molar-refractivity contribution < 1.29 is 14.0 Å².